The molecule has 124 valence electrons. The van der Waals surface area contributed by atoms with Crippen molar-refractivity contribution in [2.24, 2.45) is 0 Å². The Kier molecular flexibility index (Phi) is 8.43. The van der Waals surface area contributed by atoms with Crippen molar-refractivity contribution in [3.05, 3.63) is 0 Å². The molecule has 0 spiro atoms. The van der Waals surface area contributed by atoms with Crippen LogP contribution in [0.15, 0.2) is 0 Å². The zero-order valence-corrected chi connectivity index (χ0v) is 11.8. The summed E-state index contributed by atoms with van der Waals surface area (Å²) in [7, 11) is 0. The molecule has 0 nitrogen and oxygen atoms in total. The molecule has 0 aromatic rings. The second-order valence-electron chi connectivity index (χ2n) is 3.69. The molecule has 0 amide bonds. The van der Waals surface area contributed by atoms with Crippen LogP contribution >= 0.6 is 34.8 Å². The van der Waals surface area contributed by atoms with Gasteiger partial charge in [-0.2, -0.15) is 39.5 Å². The normalized spacial score (nSPS) is 15.4. The average Bonchev–Trinajstić information content (AvgIpc) is 1.90. The Morgan fingerprint density at radius 3 is 1.20 bits per heavy atom. The monoisotopic (exact) mass is 380 g/mol. The van der Waals surface area contributed by atoms with Crippen LogP contribution in [-0.4, -0.2) is 28.2 Å². The first-order valence-corrected chi connectivity index (χ1v) is 5.75. The molecule has 20 heavy (non-hydrogen) atoms. The van der Waals surface area contributed by atoms with E-state index in [1.807, 2.05) is 0 Å². The molecule has 1 unspecified atom stereocenters. The van der Waals surface area contributed by atoms with Crippen molar-refractivity contribution in [2.75, 3.05) is 0 Å². The second-order valence-corrected chi connectivity index (χ2v) is 6.08. The number of alkyl halides is 12. The summed E-state index contributed by atoms with van der Waals surface area (Å²) < 4.78 is 100. The first-order valence-electron chi connectivity index (χ1n) is 4.55. The molecule has 0 radical (unpaired) electrons. The lowest BCUT2D eigenvalue weighted by molar-refractivity contribution is -0.180. The summed E-state index contributed by atoms with van der Waals surface area (Å²) in [6, 6.07) is 0. The maximum atomic E-state index is 11.4. The molecule has 0 aliphatic rings. The van der Waals surface area contributed by atoms with Gasteiger partial charge in [0.2, 0.25) is 0 Å². The summed E-state index contributed by atoms with van der Waals surface area (Å²) in [4.78, 5) is 0. The summed E-state index contributed by atoms with van der Waals surface area (Å²) in [5.41, 5.74) is 0. The Balaban J connectivity index is 0. The van der Waals surface area contributed by atoms with Gasteiger partial charge in [0.05, 0.1) is 12.8 Å². The molecular weight excluding hydrogens is 373 g/mol. The molecule has 1 atom stereocenters. The topological polar surface area (TPSA) is 0 Å². The second kappa shape index (κ2) is 7.49. The summed E-state index contributed by atoms with van der Waals surface area (Å²) in [5, 5.41) is -2.84. The highest BCUT2D eigenvalue weighted by Gasteiger charge is 2.45. The van der Waals surface area contributed by atoms with Crippen LogP contribution in [0.5, 0.6) is 0 Å². The molecule has 0 aliphatic heterocycles. The predicted octanol–water partition coefficient (Wildman–Crippen LogP) is 6.24. The SMILES string of the molecule is CC(Cl)(Cl)CC(F)(F)F.FC(F)(F)CC(Cl)C(F)(F)F. The van der Waals surface area contributed by atoms with Crippen LogP contribution in [0.4, 0.5) is 39.5 Å². The maximum absolute atomic E-state index is 11.4. The van der Waals surface area contributed by atoms with Gasteiger partial charge in [-0.3, -0.25) is 0 Å². The van der Waals surface area contributed by atoms with Gasteiger partial charge < -0.3 is 0 Å². The molecule has 0 N–H and O–H groups in total. The van der Waals surface area contributed by atoms with E-state index in [-0.39, 0.29) is 0 Å². The van der Waals surface area contributed by atoms with Crippen molar-refractivity contribution in [3.8, 4) is 0 Å². The van der Waals surface area contributed by atoms with E-state index < -0.39 is 41.1 Å². The van der Waals surface area contributed by atoms with Gasteiger partial charge in [-0.1, -0.05) is 0 Å². The Bertz CT molecular complexity index is 261. The first-order chi connectivity index (χ1) is 8.33. The Hall–Kier alpha value is 0.240. The van der Waals surface area contributed by atoms with E-state index >= 15 is 0 Å². The minimum absolute atomic E-state index is 1.10. The van der Waals surface area contributed by atoms with Crippen LogP contribution in [0.25, 0.3) is 0 Å². The molecule has 0 aromatic heterocycles. The van der Waals surface area contributed by atoms with E-state index in [1.165, 1.54) is 0 Å². The predicted molar refractivity (Wildman–Crippen MR) is 57.2 cm³/mol. The lowest BCUT2D eigenvalue weighted by Gasteiger charge is -2.14. The summed E-state index contributed by atoms with van der Waals surface area (Å²) in [5.74, 6) is 0. The van der Waals surface area contributed by atoms with Crippen molar-refractivity contribution in [3.63, 3.8) is 0 Å². The highest BCUT2D eigenvalue weighted by Crippen LogP contribution is 2.35. The molecular formula is C8H8Cl3F9. The minimum atomic E-state index is -4.99. The van der Waals surface area contributed by atoms with E-state index in [0.29, 0.717) is 0 Å². The molecule has 0 rings (SSSR count). The molecule has 0 fully saturated rings. The van der Waals surface area contributed by atoms with E-state index in [0.717, 1.165) is 6.92 Å². The minimum Gasteiger partial charge on any atom is -0.171 e. The summed E-state index contributed by atoms with van der Waals surface area (Å²) in [6.45, 7) is 1.10. The summed E-state index contributed by atoms with van der Waals surface area (Å²) >= 11 is 14.5. The molecule has 0 saturated heterocycles. The van der Waals surface area contributed by atoms with Crippen molar-refractivity contribution in [1.82, 2.24) is 0 Å². The van der Waals surface area contributed by atoms with Crippen LogP contribution < -0.4 is 0 Å². The molecule has 0 bridgehead atoms. The number of hydrogen-bond acceptors (Lipinski definition) is 0. The van der Waals surface area contributed by atoms with Gasteiger partial charge in [0.15, 0.2) is 0 Å². The highest BCUT2D eigenvalue weighted by atomic mass is 35.5. The van der Waals surface area contributed by atoms with Gasteiger partial charge in [-0.15, -0.1) is 34.8 Å². The Morgan fingerprint density at radius 1 is 0.800 bits per heavy atom. The van der Waals surface area contributed by atoms with Crippen LogP contribution in [0.3, 0.4) is 0 Å². The van der Waals surface area contributed by atoms with Gasteiger partial charge in [-0.25, -0.2) is 0 Å². The van der Waals surface area contributed by atoms with E-state index in [4.69, 9.17) is 23.2 Å². The molecule has 12 heteroatoms. The quantitative estimate of drug-likeness (QED) is 0.392. The van der Waals surface area contributed by atoms with Crippen molar-refractivity contribution in [1.29, 1.82) is 0 Å². The van der Waals surface area contributed by atoms with E-state index in [1.54, 1.807) is 0 Å². The zero-order chi connectivity index (χ0) is 17.0. The molecule has 0 saturated carbocycles. The van der Waals surface area contributed by atoms with Crippen LogP contribution in [0.1, 0.15) is 19.8 Å². The van der Waals surface area contributed by atoms with Crippen LogP contribution in [0.2, 0.25) is 0 Å². The smallest absolute Gasteiger partial charge is 0.171 e. The van der Waals surface area contributed by atoms with Crippen molar-refractivity contribution < 1.29 is 39.5 Å². The standard InChI is InChI=1S/C4H5Cl2F3.C4H3ClF6/c1-3(5,6)2-4(7,8)9;5-2(4(9,10)11)1-3(6,7)8/h2H2,1H3;2H,1H2. The third kappa shape index (κ3) is 18.2. The fourth-order valence-corrected chi connectivity index (χ4v) is 1.15. The van der Waals surface area contributed by atoms with Crippen LogP contribution in [0, 0.1) is 0 Å². The number of halogens is 12. The fraction of sp³-hybridized carbons (Fsp3) is 1.00. The van der Waals surface area contributed by atoms with Gasteiger partial charge >= 0.3 is 18.5 Å². The third-order valence-corrected chi connectivity index (χ3v) is 1.95. The Labute approximate surface area is 123 Å². The largest absolute Gasteiger partial charge is 0.405 e. The average molecular weight is 381 g/mol. The highest BCUT2D eigenvalue weighted by molar-refractivity contribution is 6.48. The fourth-order valence-electron chi connectivity index (χ4n) is 0.671. The summed E-state index contributed by atoms with van der Waals surface area (Å²) in [6.07, 6.45) is -17.4. The van der Waals surface area contributed by atoms with Crippen molar-refractivity contribution >= 4 is 34.8 Å². The number of hydrogen-bond donors (Lipinski definition) is 0. The van der Waals surface area contributed by atoms with E-state index in [9.17, 15) is 39.5 Å². The lowest BCUT2D eigenvalue weighted by Crippen LogP contribution is -2.28. The molecule has 0 heterocycles. The van der Waals surface area contributed by atoms with Crippen LogP contribution in [-0.2, 0) is 0 Å². The van der Waals surface area contributed by atoms with Gasteiger partial charge in [-0.05, 0) is 6.92 Å². The van der Waals surface area contributed by atoms with Gasteiger partial charge in [0, 0.05) is 0 Å². The Morgan fingerprint density at radius 2 is 1.15 bits per heavy atom. The van der Waals surface area contributed by atoms with Gasteiger partial charge in [0.1, 0.15) is 9.71 Å². The molecule has 0 aliphatic carbocycles. The first kappa shape index (κ1) is 22.5. The maximum Gasteiger partial charge on any atom is 0.405 e. The van der Waals surface area contributed by atoms with Gasteiger partial charge in [0.25, 0.3) is 0 Å². The molecule has 0 aromatic carbocycles. The van der Waals surface area contributed by atoms with E-state index in [2.05, 4.69) is 11.6 Å². The number of rotatable bonds is 2. The zero-order valence-electron chi connectivity index (χ0n) is 9.53. The third-order valence-electron chi connectivity index (χ3n) is 1.28. The van der Waals surface area contributed by atoms with Crippen molar-refractivity contribution in [2.45, 2.75) is 48.0 Å². The lowest BCUT2D eigenvalue weighted by atomic mass is 10.3.